The molecule has 6 heterocycles. The lowest BCUT2D eigenvalue weighted by Crippen LogP contribution is -1.99. The second-order valence-corrected chi connectivity index (χ2v) is 26.2. The predicted molar refractivity (Wildman–Crippen MR) is 407 cm³/mol. The molecule has 8 nitrogen and oxygen atoms in total. The molecule has 0 saturated heterocycles. The lowest BCUT2D eigenvalue weighted by atomic mass is 9.99. The number of rotatable bonds is 6. The van der Waals surface area contributed by atoms with Crippen LogP contribution in [-0.4, -0.2) is 29.1 Å². The lowest BCUT2D eigenvalue weighted by molar-refractivity contribution is 0.667. The summed E-state index contributed by atoms with van der Waals surface area (Å²) in [6.07, 6.45) is 0. The highest BCUT2D eigenvalue weighted by atomic mass is 32.1. The maximum absolute atomic E-state index is 10.7. The van der Waals surface area contributed by atoms with E-state index in [1.54, 1.807) is 11.3 Å². The van der Waals surface area contributed by atoms with Gasteiger partial charge in [0.25, 0.3) is 0 Å². The molecule has 9 heteroatoms. The second kappa shape index (κ2) is 22.0. The fourth-order valence-corrected chi connectivity index (χ4v) is 16.1. The first-order chi connectivity index (χ1) is 48.5. The Morgan fingerprint density at radius 1 is 0.316 bits per heavy atom. The summed E-state index contributed by atoms with van der Waals surface area (Å²) in [7, 11) is 0. The van der Waals surface area contributed by atoms with Gasteiger partial charge in [-0.2, -0.15) is 5.26 Å². The van der Waals surface area contributed by atoms with Gasteiger partial charge in [0.15, 0.2) is 17.2 Å². The first kappa shape index (κ1) is 55.3. The van der Waals surface area contributed by atoms with Gasteiger partial charge in [0.1, 0.15) is 22.9 Å². The number of nitrogens with zero attached hydrogens (tertiary/aromatic N) is 7. The third-order valence-electron chi connectivity index (χ3n) is 19.6. The summed E-state index contributed by atoms with van der Waals surface area (Å²) >= 11 is 1.70. The zero-order valence-electron chi connectivity index (χ0n) is 52.4. The van der Waals surface area contributed by atoms with E-state index in [1.807, 2.05) is 24.3 Å². The molecule has 0 bridgehead atoms. The average molecular weight is 1270 g/mol. The third-order valence-corrected chi connectivity index (χ3v) is 20.7. The zero-order chi connectivity index (χ0) is 64.5. The molecule has 0 N–H and O–H groups in total. The minimum Gasteiger partial charge on any atom is -0.452 e. The van der Waals surface area contributed by atoms with Gasteiger partial charge in [-0.1, -0.05) is 218 Å². The maximum Gasteiger partial charge on any atom is 0.180 e. The van der Waals surface area contributed by atoms with E-state index in [0.29, 0.717) is 22.8 Å². The largest absolute Gasteiger partial charge is 0.452 e. The Hall–Kier alpha value is -13.1. The van der Waals surface area contributed by atoms with Crippen molar-refractivity contribution in [2.24, 2.45) is 0 Å². The van der Waals surface area contributed by atoms with Gasteiger partial charge in [-0.25, -0.2) is 19.9 Å². The molecule has 0 aliphatic heterocycles. The number of thiophene rings is 1. The summed E-state index contributed by atoms with van der Waals surface area (Å²) in [5, 5.41) is 29.3. The van der Waals surface area contributed by atoms with E-state index in [2.05, 4.69) is 300 Å². The molecule has 98 heavy (non-hydrogen) atoms. The van der Waals surface area contributed by atoms with Crippen LogP contribution in [0.5, 0.6) is 0 Å². The Labute approximate surface area is 564 Å². The molecule has 0 fully saturated rings. The minimum absolute atomic E-state index is 0.587. The number of para-hydroxylation sites is 3. The Bertz CT molecular complexity index is 6990. The SMILES string of the molecule is N#Cc1cc(-c2nc(-c3ccc4ccccc4c3)nc3c2sc2ccccc23)ccc1-n1c2ccccc2c2cc3ccccc3cc21.c1ccc2cc(-c3nc(-c4ccc(-n5c6ccccc6c6cc7ccccc7cc65)c5ccccc45)c4oc5ccccc5c4n3)ccc2c1. The molecule has 0 unspecified atom stereocenters. The zero-order valence-corrected chi connectivity index (χ0v) is 53.2. The molecule has 15 aromatic carbocycles. The van der Waals surface area contributed by atoms with Crippen molar-refractivity contribution in [1.82, 2.24) is 29.1 Å². The van der Waals surface area contributed by atoms with Crippen molar-refractivity contribution in [1.29, 1.82) is 5.26 Å². The van der Waals surface area contributed by atoms with Crippen molar-refractivity contribution < 1.29 is 4.42 Å². The van der Waals surface area contributed by atoms with Gasteiger partial charge in [0.05, 0.1) is 54.9 Å². The van der Waals surface area contributed by atoms with Gasteiger partial charge in [-0.3, -0.25) is 0 Å². The molecule has 0 saturated carbocycles. The highest BCUT2D eigenvalue weighted by Crippen LogP contribution is 2.45. The van der Waals surface area contributed by atoms with Gasteiger partial charge >= 0.3 is 0 Å². The van der Waals surface area contributed by atoms with Gasteiger partial charge in [-0.05, 0) is 139 Å². The molecule has 0 aliphatic carbocycles. The molecule has 0 amide bonds. The van der Waals surface area contributed by atoms with Crippen LogP contribution < -0.4 is 0 Å². The fourth-order valence-electron chi connectivity index (χ4n) is 15.0. The molecular formula is C89H51N7OS. The quantitative estimate of drug-likeness (QED) is 0.164. The molecule has 0 aliphatic rings. The monoisotopic (exact) mass is 1270 g/mol. The van der Waals surface area contributed by atoms with Crippen molar-refractivity contribution in [3.8, 4) is 62.7 Å². The van der Waals surface area contributed by atoms with Crippen LogP contribution in [0.25, 0.3) is 197 Å². The highest BCUT2D eigenvalue weighted by Gasteiger charge is 2.24. The van der Waals surface area contributed by atoms with Crippen LogP contribution in [0.1, 0.15) is 5.56 Å². The second-order valence-electron chi connectivity index (χ2n) is 25.1. The Morgan fingerprint density at radius 2 is 0.776 bits per heavy atom. The first-order valence-electron chi connectivity index (χ1n) is 32.8. The number of benzene rings is 15. The van der Waals surface area contributed by atoms with E-state index in [9.17, 15) is 5.26 Å². The topological polar surface area (TPSA) is 98.3 Å². The summed E-state index contributed by atoms with van der Waals surface area (Å²) in [4.78, 5) is 20.8. The van der Waals surface area contributed by atoms with Crippen LogP contribution in [0.3, 0.4) is 0 Å². The third kappa shape index (κ3) is 8.76. The van der Waals surface area contributed by atoms with Crippen LogP contribution in [0.2, 0.25) is 0 Å². The number of hydrogen-bond donors (Lipinski definition) is 0. The van der Waals surface area contributed by atoms with Crippen molar-refractivity contribution in [3.05, 3.63) is 315 Å². The van der Waals surface area contributed by atoms with Crippen molar-refractivity contribution in [2.75, 3.05) is 0 Å². The standard InChI is InChI=1S/C46H27N3O.C43H24N4S/c1-2-12-29-25-32(22-21-28(29)11-1)46-47-43(45-44(48-46)37-18-8-10-20-42(37)50-45)36-23-24-40(34-16-6-5-15-33(34)36)49-39-19-9-7-17-35(39)38-26-30-13-3-4-14-31(30)27-41(38)49;44-25-32-22-30(19-20-36(32)47-37-15-7-5-13-33(37)35-23-28-11-3-4-12-29(28)24-38(35)47)40-42-41(34-14-6-8-16-39(34)48-42)46-43(45-40)31-18-17-26-9-1-2-10-27(26)21-31/h1-27H;1-24H. The molecule has 0 radical (unpaired) electrons. The lowest BCUT2D eigenvalue weighted by Gasteiger charge is -2.15. The van der Waals surface area contributed by atoms with Crippen LogP contribution in [0.15, 0.2) is 314 Å². The number of aromatic nitrogens is 6. The van der Waals surface area contributed by atoms with Gasteiger partial charge < -0.3 is 13.6 Å². The van der Waals surface area contributed by atoms with E-state index >= 15 is 0 Å². The fraction of sp³-hybridized carbons (Fsp3) is 0. The van der Waals surface area contributed by atoms with E-state index in [1.165, 1.54) is 59.5 Å². The number of fused-ring (bicyclic) bond motifs is 17. The normalized spacial score (nSPS) is 11.9. The molecular weight excluding hydrogens is 1220 g/mol. The van der Waals surface area contributed by atoms with Crippen LogP contribution in [0.4, 0.5) is 0 Å². The van der Waals surface area contributed by atoms with E-state index in [-0.39, 0.29) is 0 Å². The number of hydrogen-bond acceptors (Lipinski definition) is 7. The van der Waals surface area contributed by atoms with E-state index in [4.69, 9.17) is 24.4 Å². The first-order valence-corrected chi connectivity index (χ1v) is 33.6. The van der Waals surface area contributed by atoms with Crippen molar-refractivity contribution in [3.63, 3.8) is 0 Å². The summed E-state index contributed by atoms with van der Waals surface area (Å²) in [5.74, 6) is 1.34. The summed E-state index contributed by atoms with van der Waals surface area (Å²) in [6, 6.07) is 111. The van der Waals surface area contributed by atoms with Gasteiger partial charge in [0.2, 0.25) is 0 Å². The van der Waals surface area contributed by atoms with E-state index in [0.717, 1.165) is 120 Å². The van der Waals surface area contributed by atoms with Crippen molar-refractivity contribution >= 4 is 151 Å². The number of furan rings is 1. The molecule has 454 valence electrons. The predicted octanol–water partition coefficient (Wildman–Crippen LogP) is 23.7. The Kier molecular flexibility index (Phi) is 12.4. The summed E-state index contributed by atoms with van der Waals surface area (Å²) in [5.41, 5.74) is 15.7. The van der Waals surface area contributed by atoms with Crippen LogP contribution in [0, 0.1) is 11.3 Å². The van der Waals surface area contributed by atoms with Crippen molar-refractivity contribution in [2.45, 2.75) is 0 Å². The van der Waals surface area contributed by atoms with Crippen LogP contribution >= 0.6 is 11.3 Å². The Morgan fingerprint density at radius 3 is 1.39 bits per heavy atom. The molecule has 21 aromatic rings. The summed E-state index contributed by atoms with van der Waals surface area (Å²) < 4.78 is 13.4. The van der Waals surface area contributed by atoms with E-state index < -0.39 is 0 Å². The van der Waals surface area contributed by atoms with Gasteiger partial charge in [0, 0.05) is 64.7 Å². The molecule has 0 atom stereocenters. The van der Waals surface area contributed by atoms with Gasteiger partial charge in [-0.15, -0.1) is 11.3 Å². The molecule has 6 aromatic heterocycles. The summed E-state index contributed by atoms with van der Waals surface area (Å²) in [6.45, 7) is 0. The van der Waals surface area contributed by atoms with Crippen LogP contribution in [-0.2, 0) is 0 Å². The Balaban J connectivity index is 0.000000133. The minimum atomic E-state index is 0.587. The maximum atomic E-state index is 10.7. The highest BCUT2D eigenvalue weighted by molar-refractivity contribution is 7.26. The number of nitriles is 1. The molecule has 0 spiro atoms. The average Bonchev–Trinajstić information content (AvgIpc) is 1.55. The molecule has 21 rings (SSSR count). The smallest absolute Gasteiger partial charge is 0.180 e.